The molecule has 5 nitrogen and oxygen atoms in total. The molecule has 2 aromatic heterocycles. The molecule has 0 atom stereocenters. The first-order valence-electron chi connectivity index (χ1n) is 5.34. The summed E-state index contributed by atoms with van der Waals surface area (Å²) in [5.41, 5.74) is 1.11. The van der Waals surface area contributed by atoms with Crippen LogP contribution in [0.5, 0.6) is 0 Å². The van der Waals surface area contributed by atoms with Gasteiger partial charge in [0, 0.05) is 17.7 Å². The highest BCUT2D eigenvalue weighted by atomic mass is 35.5. The zero-order chi connectivity index (χ0) is 12.7. The summed E-state index contributed by atoms with van der Waals surface area (Å²) in [5, 5.41) is 10.4. The third kappa shape index (κ3) is 2.39. The normalized spacial score (nSPS) is 14.8. The van der Waals surface area contributed by atoms with Gasteiger partial charge in [0.2, 0.25) is 5.28 Å². The van der Waals surface area contributed by atoms with E-state index in [1.165, 1.54) is 12.8 Å². The summed E-state index contributed by atoms with van der Waals surface area (Å²) < 4.78 is 0. The maximum absolute atomic E-state index is 5.98. The van der Waals surface area contributed by atoms with Crippen molar-refractivity contribution in [2.45, 2.75) is 18.8 Å². The molecule has 0 saturated heterocycles. The summed E-state index contributed by atoms with van der Waals surface area (Å²) in [5.74, 6) is 1.57. The molecule has 2 heterocycles. The van der Waals surface area contributed by atoms with Crippen LogP contribution in [0, 0.1) is 0 Å². The molecule has 0 radical (unpaired) electrons. The molecule has 0 aromatic carbocycles. The van der Waals surface area contributed by atoms with Crippen LogP contribution in [0.2, 0.25) is 15.5 Å². The van der Waals surface area contributed by atoms with Gasteiger partial charge in [-0.15, -0.1) is 0 Å². The molecule has 0 aliphatic heterocycles. The van der Waals surface area contributed by atoms with Crippen LogP contribution in [0.3, 0.4) is 0 Å². The number of rotatable bonds is 3. The Hall–Kier alpha value is -1.04. The first-order valence-corrected chi connectivity index (χ1v) is 6.48. The second-order valence-electron chi connectivity index (χ2n) is 4.05. The lowest BCUT2D eigenvalue weighted by molar-refractivity contribution is 0.966. The lowest BCUT2D eigenvalue weighted by Gasteiger charge is -2.05. The highest BCUT2D eigenvalue weighted by Crippen LogP contribution is 2.40. The number of halogens is 3. The van der Waals surface area contributed by atoms with E-state index in [9.17, 15) is 0 Å². The van der Waals surface area contributed by atoms with Gasteiger partial charge in [-0.2, -0.15) is 10.1 Å². The van der Waals surface area contributed by atoms with Crippen LogP contribution < -0.4 is 5.32 Å². The Morgan fingerprint density at radius 2 is 2.00 bits per heavy atom. The molecule has 1 aliphatic rings. The fourth-order valence-corrected chi connectivity index (χ4v) is 2.12. The van der Waals surface area contributed by atoms with Crippen LogP contribution in [0.15, 0.2) is 6.07 Å². The molecular weight excluding hydrogens is 297 g/mol. The monoisotopic (exact) mass is 303 g/mol. The molecule has 18 heavy (non-hydrogen) atoms. The molecule has 94 valence electrons. The van der Waals surface area contributed by atoms with Gasteiger partial charge in [0.05, 0.1) is 0 Å². The third-order valence-electron chi connectivity index (χ3n) is 2.64. The van der Waals surface area contributed by atoms with Crippen LogP contribution in [0.1, 0.15) is 24.5 Å². The second-order valence-corrected chi connectivity index (χ2v) is 5.13. The van der Waals surface area contributed by atoms with Crippen LogP contribution in [-0.2, 0) is 0 Å². The van der Waals surface area contributed by atoms with Gasteiger partial charge in [-0.05, 0) is 24.4 Å². The number of anilines is 2. The van der Waals surface area contributed by atoms with E-state index in [1.807, 2.05) is 6.07 Å². The third-order valence-corrected chi connectivity index (χ3v) is 3.54. The Balaban J connectivity index is 1.86. The zero-order valence-electron chi connectivity index (χ0n) is 9.04. The van der Waals surface area contributed by atoms with Crippen molar-refractivity contribution in [2.75, 3.05) is 5.32 Å². The van der Waals surface area contributed by atoms with Gasteiger partial charge in [0.15, 0.2) is 16.8 Å². The largest absolute Gasteiger partial charge is 0.322 e. The summed E-state index contributed by atoms with van der Waals surface area (Å²) in [4.78, 5) is 7.71. The molecule has 0 bridgehead atoms. The molecule has 1 fully saturated rings. The first kappa shape index (κ1) is 12.0. The predicted molar refractivity (Wildman–Crippen MR) is 70.9 cm³/mol. The Morgan fingerprint density at radius 1 is 1.22 bits per heavy atom. The molecule has 1 saturated carbocycles. The number of nitrogens with zero attached hydrogens (tertiary/aromatic N) is 3. The van der Waals surface area contributed by atoms with E-state index in [0.717, 1.165) is 5.69 Å². The van der Waals surface area contributed by atoms with Crippen molar-refractivity contribution in [1.29, 1.82) is 0 Å². The molecule has 8 heteroatoms. The molecule has 2 N–H and O–H groups in total. The number of H-pyrrole nitrogens is 1. The zero-order valence-corrected chi connectivity index (χ0v) is 11.3. The fraction of sp³-hybridized carbons (Fsp3) is 0.300. The van der Waals surface area contributed by atoms with E-state index in [4.69, 9.17) is 34.8 Å². The van der Waals surface area contributed by atoms with E-state index in [0.29, 0.717) is 17.6 Å². The van der Waals surface area contributed by atoms with Crippen LogP contribution in [0.25, 0.3) is 0 Å². The predicted octanol–water partition coefficient (Wildman–Crippen LogP) is 3.78. The average Bonchev–Trinajstić information content (AvgIpc) is 3.07. The molecule has 0 spiro atoms. The maximum Gasteiger partial charge on any atom is 0.225 e. The lowest BCUT2D eigenvalue weighted by Crippen LogP contribution is -1.97. The molecule has 0 unspecified atom stereocenters. The summed E-state index contributed by atoms with van der Waals surface area (Å²) >= 11 is 17.5. The summed E-state index contributed by atoms with van der Waals surface area (Å²) in [6.45, 7) is 0. The Bertz CT molecular complexity index is 593. The molecule has 0 amide bonds. The Labute approximate surface area is 118 Å². The highest BCUT2D eigenvalue weighted by Gasteiger charge is 2.25. The number of nitrogens with one attached hydrogen (secondary N) is 2. The van der Waals surface area contributed by atoms with E-state index in [2.05, 4.69) is 25.5 Å². The quantitative estimate of drug-likeness (QED) is 0.669. The van der Waals surface area contributed by atoms with Gasteiger partial charge in [0.25, 0.3) is 0 Å². The standard InChI is InChI=1S/C10H8Cl3N5/c11-7-8(12)15-10(13)16-9(7)14-6-3-5(17-18-6)4-1-2-4/h3-4H,1-2H2,(H2,14,15,16,17,18). The second kappa shape index (κ2) is 4.57. The van der Waals surface area contributed by atoms with Crippen molar-refractivity contribution >= 4 is 46.4 Å². The van der Waals surface area contributed by atoms with Crippen molar-refractivity contribution in [3.8, 4) is 0 Å². The van der Waals surface area contributed by atoms with Crippen LogP contribution >= 0.6 is 34.8 Å². The average molecular weight is 305 g/mol. The van der Waals surface area contributed by atoms with Gasteiger partial charge in [-0.3, -0.25) is 5.10 Å². The molecule has 3 rings (SSSR count). The van der Waals surface area contributed by atoms with Gasteiger partial charge >= 0.3 is 0 Å². The SMILES string of the molecule is Clc1nc(Cl)c(Cl)c(Nc2cc(C3CC3)[nH]n2)n1. The Kier molecular flexibility index (Phi) is 3.05. The van der Waals surface area contributed by atoms with E-state index in [-0.39, 0.29) is 15.5 Å². The molecular formula is C10H8Cl3N5. The minimum Gasteiger partial charge on any atom is -0.322 e. The summed E-state index contributed by atoms with van der Waals surface area (Å²) in [6.07, 6.45) is 2.40. The van der Waals surface area contributed by atoms with Gasteiger partial charge in [-0.25, -0.2) is 4.98 Å². The molecule has 1 aliphatic carbocycles. The minimum atomic E-state index is 0.0323. The van der Waals surface area contributed by atoms with E-state index < -0.39 is 0 Å². The van der Waals surface area contributed by atoms with Crippen molar-refractivity contribution in [3.63, 3.8) is 0 Å². The van der Waals surface area contributed by atoms with Gasteiger partial charge in [-0.1, -0.05) is 23.2 Å². The van der Waals surface area contributed by atoms with Crippen molar-refractivity contribution < 1.29 is 0 Å². The van der Waals surface area contributed by atoms with Gasteiger partial charge < -0.3 is 5.32 Å². The Morgan fingerprint density at radius 3 is 2.72 bits per heavy atom. The van der Waals surface area contributed by atoms with Crippen LogP contribution in [0.4, 0.5) is 11.6 Å². The van der Waals surface area contributed by atoms with Crippen molar-refractivity contribution in [3.05, 3.63) is 27.2 Å². The maximum atomic E-state index is 5.98. The highest BCUT2D eigenvalue weighted by molar-refractivity contribution is 6.43. The van der Waals surface area contributed by atoms with E-state index >= 15 is 0 Å². The number of hydrogen-bond donors (Lipinski definition) is 2. The van der Waals surface area contributed by atoms with Crippen LogP contribution in [-0.4, -0.2) is 20.2 Å². The fourth-order valence-electron chi connectivity index (χ4n) is 1.60. The number of hydrogen-bond acceptors (Lipinski definition) is 4. The first-order chi connectivity index (χ1) is 8.63. The molecule has 2 aromatic rings. The van der Waals surface area contributed by atoms with Crippen molar-refractivity contribution in [2.24, 2.45) is 0 Å². The summed E-state index contributed by atoms with van der Waals surface area (Å²) in [7, 11) is 0. The smallest absolute Gasteiger partial charge is 0.225 e. The number of aromatic nitrogens is 4. The van der Waals surface area contributed by atoms with E-state index in [1.54, 1.807) is 0 Å². The van der Waals surface area contributed by atoms with Gasteiger partial charge in [0.1, 0.15) is 5.02 Å². The van der Waals surface area contributed by atoms with Crippen molar-refractivity contribution in [1.82, 2.24) is 20.2 Å². The summed E-state index contributed by atoms with van der Waals surface area (Å²) in [6, 6.07) is 1.93. The minimum absolute atomic E-state index is 0.0323. The number of aromatic amines is 1. The lowest BCUT2D eigenvalue weighted by atomic mass is 10.3. The topological polar surface area (TPSA) is 66.5 Å².